The Morgan fingerprint density at radius 1 is 1.43 bits per heavy atom. The Labute approximate surface area is 122 Å². The molecule has 0 bridgehead atoms. The first-order chi connectivity index (χ1) is 10.2. The molecule has 2 aromatic rings. The standard InChI is InChI=1S/C15H17N3O3/c1-3-18-12-6-10(4-5-13(12)20-8-14(18)19)15-11(7-16)9(2)21-17-15/h4-6H,3,7-8,16H2,1-2H3. The summed E-state index contributed by atoms with van der Waals surface area (Å²) in [5.74, 6) is 1.37. The van der Waals surface area contributed by atoms with E-state index in [4.69, 9.17) is 15.0 Å². The van der Waals surface area contributed by atoms with Crippen LogP contribution < -0.4 is 15.4 Å². The normalized spacial score (nSPS) is 14.0. The minimum Gasteiger partial charge on any atom is -0.482 e. The number of nitrogens with two attached hydrogens (primary N) is 1. The van der Waals surface area contributed by atoms with Crippen LogP contribution in [0.3, 0.4) is 0 Å². The van der Waals surface area contributed by atoms with Crippen molar-refractivity contribution in [3.63, 3.8) is 0 Å². The van der Waals surface area contributed by atoms with Crippen molar-refractivity contribution in [3.05, 3.63) is 29.5 Å². The lowest BCUT2D eigenvalue weighted by Crippen LogP contribution is -2.38. The molecule has 3 rings (SSSR count). The van der Waals surface area contributed by atoms with Crippen molar-refractivity contribution in [2.75, 3.05) is 18.1 Å². The van der Waals surface area contributed by atoms with Gasteiger partial charge in [-0.2, -0.15) is 0 Å². The molecule has 0 atom stereocenters. The molecule has 0 saturated heterocycles. The van der Waals surface area contributed by atoms with Gasteiger partial charge in [0.05, 0.1) is 5.69 Å². The number of ether oxygens (including phenoxy) is 1. The van der Waals surface area contributed by atoms with Gasteiger partial charge in [0.15, 0.2) is 6.61 Å². The molecule has 1 aliphatic heterocycles. The Morgan fingerprint density at radius 3 is 2.95 bits per heavy atom. The lowest BCUT2D eigenvalue weighted by molar-refractivity contribution is -0.121. The lowest BCUT2D eigenvalue weighted by atomic mass is 10.0. The molecule has 0 radical (unpaired) electrons. The van der Waals surface area contributed by atoms with Crippen LogP contribution in [-0.2, 0) is 11.3 Å². The zero-order valence-electron chi connectivity index (χ0n) is 12.0. The number of carbonyl (C=O) groups excluding carboxylic acids is 1. The third kappa shape index (κ3) is 2.17. The number of hydrogen-bond acceptors (Lipinski definition) is 5. The van der Waals surface area contributed by atoms with Gasteiger partial charge in [0.1, 0.15) is 17.2 Å². The number of nitrogens with zero attached hydrogens (tertiary/aromatic N) is 2. The molecular weight excluding hydrogens is 270 g/mol. The van der Waals surface area contributed by atoms with Crippen molar-refractivity contribution in [1.82, 2.24) is 5.16 Å². The van der Waals surface area contributed by atoms with Crippen LogP contribution in [-0.4, -0.2) is 24.2 Å². The number of aromatic nitrogens is 1. The van der Waals surface area contributed by atoms with Gasteiger partial charge in [0, 0.05) is 24.2 Å². The highest BCUT2D eigenvalue weighted by molar-refractivity contribution is 5.98. The predicted octanol–water partition coefficient (Wildman–Crippen LogP) is 1.85. The molecule has 2 heterocycles. The molecule has 6 nitrogen and oxygen atoms in total. The van der Waals surface area contributed by atoms with Gasteiger partial charge in [-0.1, -0.05) is 5.16 Å². The molecule has 0 fully saturated rings. The Balaban J connectivity index is 2.10. The number of amides is 1. The van der Waals surface area contributed by atoms with Crippen molar-refractivity contribution < 1.29 is 14.1 Å². The number of rotatable bonds is 3. The fraction of sp³-hybridized carbons (Fsp3) is 0.333. The van der Waals surface area contributed by atoms with Crippen LogP contribution in [0.25, 0.3) is 11.3 Å². The first-order valence-corrected chi connectivity index (χ1v) is 6.88. The number of anilines is 1. The van der Waals surface area contributed by atoms with Gasteiger partial charge in [-0.3, -0.25) is 4.79 Å². The van der Waals surface area contributed by atoms with Crippen LogP contribution in [0.4, 0.5) is 5.69 Å². The molecule has 1 amide bonds. The molecule has 21 heavy (non-hydrogen) atoms. The Morgan fingerprint density at radius 2 is 2.24 bits per heavy atom. The topological polar surface area (TPSA) is 81.6 Å². The quantitative estimate of drug-likeness (QED) is 0.931. The molecular formula is C15H17N3O3. The maximum atomic E-state index is 11.9. The van der Waals surface area contributed by atoms with Crippen LogP contribution in [0.15, 0.2) is 22.7 Å². The SMILES string of the molecule is CCN1C(=O)COc2ccc(-c3noc(C)c3CN)cc21. The second-order valence-electron chi connectivity index (χ2n) is 4.88. The molecule has 0 aliphatic carbocycles. The number of fused-ring (bicyclic) bond motifs is 1. The fourth-order valence-corrected chi connectivity index (χ4v) is 2.55. The molecule has 0 saturated carbocycles. The predicted molar refractivity (Wildman–Crippen MR) is 78.1 cm³/mol. The second kappa shape index (κ2) is 5.21. The summed E-state index contributed by atoms with van der Waals surface area (Å²) in [7, 11) is 0. The summed E-state index contributed by atoms with van der Waals surface area (Å²) in [5, 5.41) is 4.08. The van der Waals surface area contributed by atoms with Crippen LogP contribution in [0.1, 0.15) is 18.2 Å². The van der Waals surface area contributed by atoms with Crippen molar-refractivity contribution in [1.29, 1.82) is 0 Å². The monoisotopic (exact) mass is 287 g/mol. The number of benzene rings is 1. The number of aryl methyl sites for hydroxylation is 1. The third-order valence-corrected chi connectivity index (χ3v) is 3.68. The van der Waals surface area contributed by atoms with Gasteiger partial charge in [0.2, 0.25) is 0 Å². The van der Waals surface area contributed by atoms with Gasteiger partial charge in [-0.15, -0.1) is 0 Å². The molecule has 0 spiro atoms. The van der Waals surface area contributed by atoms with E-state index in [0.717, 1.165) is 16.8 Å². The van der Waals surface area contributed by atoms with E-state index in [2.05, 4.69) is 5.16 Å². The van der Waals surface area contributed by atoms with E-state index in [1.54, 1.807) is 4.90 Å². The first-order valence-electron chi connectivity index (χ1n) is 6.88. The average molecular weight is 287 g/mol. The number of carbonyl (C=O) groups is 1. The Kier molecular flexibility index (Phi) is 3.39. The first kappa shape index (κ1) is 13.6. The number of hydrogen-bond donors (Lipinski definition) is 1. The maximum Gasteiger partial charge on any atom is 0.265 e. The van der Waals surface area contributed by atoms with Gasteiger partial charge in [-0.05, 0) is 32.0 Å². The van der Waals surface area contributed by atoms with Crippen LogP contribution in [0.5, 0.6) is 5.75 Å². The molecule has 1 aromatic carbocycles. The summed E-state index contributed by atoms with van der Waals surface area (Å²) >= 11 is 0. The number of likely N-dealkylation sites (N-methyl/N-ethyl adjacent to an activating group) is 1. The minimum atomic E-state index is -0.0440. The molecule has 0 unspecified atom stereocenters. The summed E-state index contributed by atoms with van der Waals surface area (Å²) in [5.41, 5.74) is 8.97. The molecule has 110 valence electrons. The summed E-state index contributed by atoms with van der Waals surface area (Å²) in [6, 6.07) is 5.65. The lowest BCUT2D eigenvalue weighted by Gasteiger charge is -2.28. The van der Waals surface area contributed by atoms with E-state index < -0.39 is 0 Å². The van der Waals surface area contributed by atoms with E-state index in [0.29, 0.717) is 30.3 Å². The van der Waals surface area contributed by atoms with E-state index in [9.17, 15) is 4.79 Å². The Bertz CT molecular complexity index is 693. The van der Waals surface area contributed by atoms with Crippen molar-refractivity contribution >= 4 is 11.6 Å². The molecule has 2 N–H and O–H groups in total. The van der Waals surface area contributed by atoms with Crippen molar-refractivity contribution in [3.8, 4) is 17.0 Å². The van der Waals surface area contributed by atoms with E-state index in [-0.39, 0.29) is 12.5 Å². The summed E-state index contributed by atoms with van der Waals surface area (Å²) in [6.45, 7) is 4.81. The smallest absolute Gasteiger partial charge is 0.265 e. The zero-order chi connectivity index (χ0) is 15.0. The van der Waals surface area contributed by atoms with E-state index in [1.165, 1.54) is 0 Å². The molecule has 6 heteroatoms. The largest absolute Gasteiger partial charge is 0.482 e. The average Bonchev–Trinajstić information content (AvgIpc) is 2.87. The maximum absolute atomic E-state index is 11.9. The Hall–Kier alpha value is -2.34. The zero-order valence-corrected chi connectivity index (χ0v) is 12.0. The fourth-order valence-electron chi connectivity index (χ4n) is 2.55. The third-order valence-electron chi connectivity index (χ3n) is 3.68. The van der Waals surface area contributed by atoms with Gasteiger partial charge >= 0.3 is 0 Å². The van der Waals surface area contributed by atoms with Crippen LogP contribution >= 0.6 is 0 Å². The van der Waals surface area contributed by atoms with Gasteiger partial charge in [-0.25, -0.2) is 0 Å². The highest BCUT2D eigenvalue weighted by atomic mass is 16.5. The summed E-state index contributed by atoms with van der Waals surface area (Å²) in [4.78, 5) is 13.6. The van der Waals surface area contributed by atoms with E-state index >= 15 is 0 Å². The summed E-state index contributed by atoms with van der Waals surface area (Å²) < 4.78 is 10.7. The highest BCUT2D eigenvalue weighted by Gasteiger charge is 2.25. The van der Waals surface area contributed by atoms with Crippen LogP contribution in [0, 0.1) is 6.92 Å². The summed E-state index contributed by atoms with van der Waals surface area (Å²) in [6.07, 6.45) is 0. The van der Waals surface area contributed by atoms with Crippen molar-refractivity contribution in [2.45, 2.75) is 20.4 Å². The second-order valence-corrected chi connectivity index (χ2v) is 4.88. The van der Waals surface area contributed by atoms with E-state index in [1.807, 2.05) is 32.0 Å². The van der Waals surface area contributed by atoms with Gasteiger partial charge in [0.25, 0.3) is 5.91 Å². The van der Waals surface area contributed by atoms with Gasteiger partial charge < -0.3 is 19.9 Å². The molecule has 1 aromatic heterocycles. The highest BCUT2D eigenvalue weighted by Crippen LogP contribution is 2.36. The van der Waals surface area contributed by atoms with Crippen LogP contribution in [0.2, 0.25) is 0 Å². The molecule has 1 aliphatic rings. The minimum absolute atomic E-state index is 0.0440. The van der Waals surface area contributed by atoms with Crippen molar-refractivity contribution in [2.24, 2.45) is 5.73 Å².